The second kappa shape index (κ2) is 5.45. The standard InChI is InChI=1S/C14H10N4O2S/c1-8-6-11(13(19)20)18-14(17-8)21-12-9-4-2-3-5-10(9)15-7-16-12/h2-7H,1H3,(H,19,20). The summed E-state index contributed by atoms with van der Waals surface area (Å²) < 4.78 is 0. The van der Waals surface area contributed by atoms with Gasteiger partial charge in [0.15, 0.2) is 10.9 Å². The van der Waals surface area contributed by atoms with Gasteiger partial charge in [-0.15, -0.1) is 0 Å². The van der Waals surface area contributed by atoms with Crippen LogP contribution in [0, 0.1) is 6.92 Å². The van der Waals surface area contributed by atoms with Crippen molar-refractivity contribution >= 4 is 28.6 Å². The minimum atomic E-state index is -1.07. The molecule has 0 spiro atoms. The van der Waals surface area contributed by atoms with Crippen molar-refractivity contribution in [1.29, 1.82) is 0 Å². The zero-order chi connectivity index (χ0) is 14.8. The molecule has 104 valence electrons. The molecule has 2 aromatic heterocycles. The second-order valence-electron chi connectivity index (χ2n) is 4.28. The minimum Gasteiger partial charge on any atom is -0.477 e. The Morgan fingerprint density at radius 1 is 1.19 bits per heavy atom. The molecule has 3 rings (SSSR count). The lowest BCUT2D eigenvalue weighted by atomic mass is 10.2. The molecule has 0 saturated heterocycles. The Kier molecular flexibility index (Phi) is 3.49. The highest BCUT2D eigenvalue weighted by atomic mass is 32.2. The number of hydrogen-bond acceptors (Lipinski definition) is 6. The minimum absolute atomic E-state index is 0.0247. The Bertz CT molecular complexity index is 833. The second-order valence-corrected chi connectivity index (χ2v) is 5.24. The molecule has 7 heteroatoms. The zero-order valence-corrected chi connectivity index (χ0v) is 11.8. The molecule has 0 aliphatic heterocycles. The molecule has 0 unspecified atom stereocenters. The molecule has 0 bridgehead atoms. The van der Waals surface area contributed by atoms with Crippen molar-refractivity contribution in [2.75, 3.05) is 0 Å². The van der Waals surface area contributed by atoms with Gasteiger partial charge in [-0.2, -0.15) is 0 Å². The summed E-state index contributed by atoms with van der Waals surface area (Å²) in [6.07, 6.45) is 1.47. The van der Waals surface area contributed by atoms with Crippen molar-refractivity contribution in [3.05, 3.63) is 48.0 Å². The third-order valence-corrected chi connectivity index (χ3v) is 3.63. The molecule has 0 radical (unpaired) electrons. The molecule has 3 aromatic rings. The maximum Gasteiger partial charge on any atom is 0.354 e. The number of aromatic nitrogens is 4. The van der Waals surface area contributed by atoms with Crippen LogP contribution in [-0.2, 0) is 0 Å². The molecule has 6 nitrogen and oxygen atoms in total. The molecule has 21 heavy (non-hydrogen) atoms. The van der Waals surface area contributed by atoms with Gasteiger partial charge in [-0.25, -0.2) is 24.7 Å². The van der Waals surface area contributed by atoms with Crippen LogP contribution in [0.25, 0.3) is 10.9 Å². The van der Waals surface area contributed by atoms with E-state index in [1.807, 2.05) is 24.3 Å². The van der Waals surface area contributed by atoms with Crippen molar-refractivity contribution in [2.45, 2.75) is 17.1 Å². The SMILES string of the molecule is Cc1cc(C(=O)O)nc(Sc2ncnc3ccccc23)n1. The van der Waals surface area contributed by atoms with E-state index < -0.39 is 5.97 Å². The number of nitrogens with zero attached hydrogens (tertiary/aromatic N) is 4. The maximum absolute atomic E-state index is 11.0. The molecule has 0 aliphatic carbocycles. The number of hydrogen-bond donors (Lipinski definition) is 1. The first-order valence-corrected chi connectivity index (χ1v) is 6.92. The number of carboxylic acids is 1. The van der Waals surface area contributed by atoms with E-state index in [9.17, 15) is 4.79 Å². The predicted molar refractivity (Wildman–Crippen MR) is 77.4 cm³/mol. The van der Waals surface area contributed by atoms with Crippen LogP contribution in [0.5, 0.6) is 0 Å². The number of aromatic carboxylic acids is 1. The van der Waals surface area contributed by atoms with Gasteiger partial charge < -0.3 is 5.11 Å². The third kappa shape index (κ3) is 2.82. The summed E-state index contributed by atoms with van der Waals surface area (Å²) in [6.45, 7) is 1.73. The molecule has 2 heterocycles. The molecule has 0 aliphatic rings. The van der Waals surface area contributed by atoms with Gasteiger partial charge >= 0.3 is 5.97 Å². The smallest absolute Gasteiger partial charge is 0.354 e. The van der Waals surface area contributed by atoms with E-state index in [0.29, 0.717) is 15.9 Å². The van der Waals surface area contributed by atoms with E-state index >= 15 is 0 Å². The van der Waals surface area contributed by atoms with Gasteiger partial charge in [0.25, 0.3) is 0 Å². The summed E-state index contributed by atoms with van der Waals surface area (Å²) >= 11 is 1.23. The van der Waals surface area contributed by atoms with Gasteiger partial charge in [-0.1, -0.05) is 18.2 Å². The molecular weight excluding hydrogens is 288 g/mol. The lowest BCUT2D eigenvalue weighted by molar-refractivity contribution is 0.0689. The van der Waals surface area contributed by atoms with Gasteiger partial charge in [0.1, 0.15) is 11.4 Å². The Balaban J connectivity index is 2.05. The lowest BCUT2D eigenvalue weighted by Gasteiger charge is -2.05. The molecule has 0 atom stereocenters. The lowest BCUT2D eigenvalue weighted by Crippen LogP contribution is -2.04. The summed E-state index contributed by atoms with van der Waals surface area (Å²) in [4.78, 5) is 27.7. The molecular formula is C14H10N4O2S. The van der Waals surface area contributed by atoms with Crippen molar-refractivity contribution in [1.82, 2.24) is 19.9 Å². The first-order chi connectivity index (χ1) is 10.1. The zero-order valence-electron chi connectivity index (χ0n) is 11.0. The van der Waals surface area contributed by atoms with Crippen LogP contribution in [-0.4, -0.2) is 31.0 Å². The summed E-state index contributed by atoms with van der Waals surface area (Å²) in [5, 5.41) is 11.0. The van der Waals surface area contributed by atoms with Crippen LogP contribution in [0.1, 0.15) is 16.2 Å². The number of fused-ring (bicyclic) bond motifs is 1. The molecule has 1 N–H and O–H groups in total. The highest BCUT2D eigenvalue weighted by molar-refractivity contribution is 7.99. The maximum atomic E-state index is 11.0. The van der Waals surface area contributed by atoms with Crippen LogP contribution >= 0.6 is 11.8 Å². The van der Waals surface area contributed by atoms with Crippen molar-refractivity contribution in [3.8, 4) is 0 Å². The van der Waals surface area contributed by atoms with E-state index in [1.165, 1.54) is 24.2 Å². The largest absolute Gasteiger partial charge is 0.477 e. The van der Waals surface area contributed by atoms with Crippen LogP contribution in [0.15, 0.2) is 46.8 Å². The predicted octanol–water partition coefficient (Wildman–Crippen LogP) is 2.58. The quantitative estimate of drug-likeness (QED) is 0.587. The normalized spacial score (nSPS) is 10.7. The van der Waals surface area contributed by atoms with Crippen LogP contribution < -0.4 is 0 Å². The summed E-state index contributed by atoms with van der Waals surface area (Å²) in [7, 11) is 0. The van der Waals surface area contributed by atoms with Gasteiger partial charge in [0.2, 0.25) is 0 Å². The van der Waals surface area contributed by atoms with Crippen molar-refractivity contribution < 1.29 is 9.90 Å². The molecule has 0 saturated carbocycles. The van der Waals surface area contributed by atoms with Crippen LogP contribution in [0.3, 0.4) is 0 Å². The number of carboxylic acid groups (broad SMARTS) is 1. The van der Waals surface area contributed by atoms with Gasteiger partial charge in [0.05, 0.1) is 5.52 Å². The first kappa shape index (κ1) is 13.4. The summed E-state index contributed by atoms with van der Waals surface area (Å²) in [6, 6.07) is 9.03. The number of para-hydroxylation sites is 1. The van der Waals surface area contributed by atoms with Crippen LogP contribution in [0.2, 0.25) is 0 Å². The van der Waals surface area contributed by atoms with Crippen molar-refractivity contribution in [2.24, 2.45) is 0 Å². The molecule has 0 fully saturated rings. The molecule has 0 amide bonds. The fourth-order valence-corrected chi connectivity index (χ4v) is 2.73. The third-order valence-electron chi connectivity index (χ3n) is 2.75. The van der Waals surface area contributed by atoms with Crippen LogP contribution in [0.4, 0.5) is 0 Å². The summed E-state index contributed by atoms with van der Waals surface area (Å²) in [5.41, 5.74) is 1.40. The number of aryl methyl sites for hydroxylation is 1. The van der Waals surface area contributed by atoms with E-state index in [4.69, 9.17) is 5.11 Å². The average molecular weight is 298 g/mol. The number of rotatable bonds is 3. The fourth-order valence-electron chi connectivity index (χ4n) is 1.84. The monoisotopic (exact) mass is 298 g/mol. The van der Waals surface area contributed by atoms with E-state index in [-0.39, 0.29) is 5.69 Å². The molecule has 1 aromatic carbocycles. The highest BCUT2D eigenvalue weighted by Crippen LogP contribution is 2.28. The topological polar surface area (TPSA) is 88.9 Å². The Morgan fingerprint density at radius 3 is 2.81 bits per heavy atom. The Morgan fingerprint density at radius 2 is 2.00 bits per heavy atom. The highest BCUT2D eigenvalue weighted by Gasteiger charge is 2.12. The fraction of sp³-hybridized carbons (Fsp3) is 0.0714. The number of benzene rings is 1. The van der Waals surface area contributed by atoms with Crippen molar-refractivity contribution in [3.63, 3.8) is 0 Å². The Labute approximate surface area is 124 Å². The van der Waals surface area contributed by atoms with E-state index in [2.05, 4.69) is 19.9 Å². The van der Waals surface area contributed by atoms with Gasteiger partial charge in [-0.05, 0) is 30.8 Å². The van der Waals surface area contributed by atoms with E-state index in [1.54, 1.807) is 6.92 Å². The van der Waals surface area contributed by atoms with Gasteiger partial charge in [0, 0.05) is 11.1 Å². The Hall–Kier alpha value is -2.54. The number of carbonyl (C=O) groups is 1. The summed E-state index contributed by atoms with van der Waals surface area (Å²) in [5.74, 6) is -1.07. The average Bonchev–Trinajstić information content (AvgIpc) is 2.47. The first-order valence-electron chi connectivity index (χ1n) is 6.10. The van der Waals surface area contributed by atoms with Gasteiger partial charge in [-0.3, -0.25) is 0 Å². The van der Waals surface area contributed by atoms with E-state index in [0.717, 1.165) is 10.9 Å².